The van der Waals surface area contributed by atoms with Gasteiger partial charge in [-0.05, 0) is 44.4 Å². The van der Waals surface area contributed by atoms with E-state index in [1.54, 1.807) is 11.0 Å². The van der Waals surface area contributed by atoms with Crippen LogP contribution in [0.1, 0.15) is 44.7 Å². The van der Waals surface area contributed by atoms with E-state index in [1.165, 1.54) is 12.1 Å². The highest BCUT2D eigenvalue weighted by Crippen LogP contribution is 2.33. The topological polar surface area (TPSA) is 46.3 Å². The zero-order valence-corrected chi connectivity index (χ0v) is 12.5. The van der Waals surface area contributed by atoms with E-state index in [0.29, 0.717) is 12.0 Å². The largest absolute Gasteiger partial charge is 0.332 e. The summed E-state index contributed by atoms with van der Waals surface area (Å²) in [6.07, 6.45) is 2.03. The number of likely N-dealkylation sites (tertiary alicyclic amines) is 1. The molecule has 2 N–H and O–H groups in total. The summed E-state index contributed by atoms with van der Waals surface area (Å²) in [6, 6.07) is 4.20. The monoisotopic (exact) mass is 298 g/mol. The van der Waals surface area contributed by atoms with Crippen LogP contribution in [0.3, 0.4) is 0 Å². The summed E-state index contributed by atoms with van der Waals surface area (Å²) in [5.74, 6) is -0.398. The number of nitrogens with two attached hydrogens (primary N) is 1. The van der Waals surface area contributed by atoms with Gasteiger partial charge in [-0.25, -0.2) is 4.39 Å². The van der Waals surface area contributed by atoms with Crippen LogP contribution in [0, 0.1) is 5.82 Å². The number of carbonyl (C=O) groups is 1. The zero-order chi connectivity index (χ0) is 14.9. The summed E-state index contributed by atoms with van der Waals surface area (Å²) in [5.41, 5.74) is 6.95. The molecule has 5 heteroatoms. The van der Waals surface area contributed by atoms with Crippen LogP contribution in [0.2, 0.25) is 5.02 Å². The molecule has 2 rings (SSSR count). The Bertz CT molecular complexity index is 507. The van der Waals surface area contributed by atoms with Crippen molar-refractivity contribution in [3.05, 3.63) is 34.6 Å². The Morgan fingerprint density at radius 2 is 2.15 bits per heavy atom. The second-order valence-corrected chi connectivity index (χ2v) is 5.98. The minimum Gasteiger partial charge on any atom is -0.332 e. The van der Waals surface area contributed by atoms with E-state index in [2.05, 4.69) is 0 Å². The summed E-state index contributed by atoms with van der Waals surface area (Å²) in [4.78, 5) is 14.1. The highest BCUT2D eigenvalue weighted by molar-refractivity contribution is 6.30. The molecule has 0 radical (unpaired) electrons. The van der Waals surface area contributed by atoms with Crippen molar-refractivity contribution < 1.29 is 9.18 Å². The van der Waals surface area contributed by atoms with E-state index in [4.69, 9.17) is 17.3 Å². The van der Waals surface area contributed by atoms with Gasteiger partial charge < -0.3 is 10.6 Å². The number of carbonyl (C=O) groups excluding carboxylic acids is 1. The fourth-order valence-electron chi connectivity index (χ4n) is 2.85. The lowest BCUT2D eigenvalue weighted by Crippen LogP contribution is -2.45. The SMILES string of the molecule is CC(C)N1C(=O)CCCC(N)C1c1ccc(Cl)c(F)c1. The fraction of sp³-hybridized carbons (Fsp3) is 0.533. The smallest absolute Gasteiger partial charge is 0.223 e. The molecular weight excluding hydrogens is 279 g/mol. The molecule has 3 nitrogen and oxygen atoms in total. The average molecular weight is 299 g/mol. The molecule has 1 amide bonds. The second-order valence-electron chi connectivity index (χ2n) is 5.57. The third kappa shape index (κ3) is 2.96. The van der Waals surface area contributed by atoms with E-state index < -0.39 is 5.82 Å². The third-order valence-corrected chi connectivity index (χ3v) is 4.07. The highest BCUT2D eigenvalue weighted by atomic mass is 35.5. The van der Waals surface area contributed by atoms with Crippen molar-refractivity contribution >= 4 is 17.5 Å². The van der Waals surface area contributed by atoms with Gasteiger partial charge in [-0.3, -0.25) is 4.79 Å². The van der Waals surface area contributed by atoms with Crippen LogP contribution in [0.15, 0.2) is 18.2 Å². The molecule has 110 valence electrons. The molecule has 1 heterocycles. The Labute approximate surface area is 123 Å². The Kier molecular flexibility index (Phi) is 4.66. The second kappa shape index (κ2) is 6.10. The van der Waals surface area contributed by atoms with Crippen LogP contribution in [0.4, 0.5) is 4.39 Å². The minimum absolute atomic E-state index is 0.0235. The number of benzene rings is 1. The van der Waals surface area contributed by atoms with Gasteiger partial charge in [0.25, 0.3) is 0 Å². The molecule has 0 spiro atoms. The number of hydrogen-bond acceptors (Lipinski definition) is 2. The summed E-state index contributed by atoms with van der Waals surface area (Å²) in [5, 5.41) is 0.0818. The summed E-state index contributed by atoms with van der Waals surface area (Å²) in [6.45, 7) is 3.91. The molecule has 0 aromatic heterocycles. The van der Waals surface area contributed by atoms with Crippen molar-refractivity contribution in [2.45, 2.75) is 51.2 Å². The van der Waals surface area contributed by atoms with Crippen molar-refractivity contribution in [2.75, 3.05) is 0 Å². The molecule has 2 unspecified atom stereocenters. The van der Waals surface area contributed by atoms with Gasteiger partial charge in [0.1, 0.15) is 5.82 Å². The molecular formula is C15H20ClFN2O. The lowest BCUT2D eigenvalue weighted by atomic mass is 9.95. The number of amides is 1. The predicted octanol–water partition coefficient (Wildman–Crippen LogP) is 3.27. The number of nitrogens with zero attached hydrogens (tertiary/aromatic N) is 1. The van der Waals surface area contributed by atoms with Crippen LogP contribution in [-0.4, -0.2) is 22.9 Å². The van der Waals surface area contributed by atoms with Gasteiger partial charge in [-0.2, -0.15) is 0 Å². The average Bonchev–Trinajstić information content (AvgIpc) is 2.52. The van der Waals surface area contributed by atoms with Crippen molar-refractivity contribution in [2.24, 2.45) is 5.73 Å². The van der Waals surface area contributed by atoms with Crippen LogP contribution < -0.4 is 5.73 Å². The molecule has 1 aliphatic heterocycles. The lowest BCUT2D eigenvalue weighted by molar-refractivity contribution is -0.135. The van der Waals surface area contributed by atoms with Gasteiger partial charge in [0, 0.05) is 18.5 Å². The Balaban J connectivity index is 2.45. The summed E-state index contributed by atoms with van der Waals surface area (Å²) in [7, 11) is 0. The molecule has 0 saturated carbocycles. The molecule has 1 aliphatic rings. The van der Waals surface area contributed by atoms with Gasteiger partial charge in [0.2, 0.25) is 5.91 Å². The first-order valence-electron chi connectivity index (χ1n) is 6.93. The minimum atomic E-state index is -0.475. The lowest BCUT2D eigenvalue weighted by Gasteiger charge is -2.37. The Morgan fingerprint density at radius 1 is 1.45 bits per heavy atom. The molecule has 0 aliphatic carbocycles. The first-order valence-corrected chi connectivity index (χ1v) is 7.31. The van der Waals surface area contributed by atoms with Crippen molar-refractivity contribution in [3.63, 3.8) is 0 Å². The van der Waals surface area contributed by atoms with Crippen LogP contribution in [0.25, 0.3) is 0 Å². The maximum atomic E-state index is 13.7. The molecule has 1 fully saturated rings. The Hall–Kier alpha value is -1.13. The Morgan fingerprint density at radius 3 is 2.75 bits per heavy atom. The number of hydrogen-bond donors (Lipinski definition) is 1. The predicted molar refractivity (Wildman–Crippen MR) is 78.0 cm³/mol. The van der Waals surface area contributed by atoms with Crippen LogP contribution in [0.5, 0.6) is 0 Å². The van der Waals surface area contributed by atoms with Gasteiger partial charge in [0.15, 0.2) is 0 Å². The first-order chi connectivity index (χ1) is 9.41. The maximum absolute atomic E-state index is 13.7. The summed E-state index contributed by atoms with van der Waals surface area (Å²) < 4.78 is 13.7. The van der Waals surface area contributed by atoms with Gasteiger partial charge in [0.05, 0.1) is 11.1 Å². The standard InChI is InChI=1S/C15H20ClFN2O/c1-9(2)19-14(20)5-3-4-13(18)15(19)10-6-7-11(16)12(17)8-10/h6-9,13,15H,3-5,18H2,1-2H3. The first kappa shape index (κ1) is 15.3. The normalized spacial score (nSPS) is 24.1. The van der Waals surface area contributed by atoms with E-state index in [-0.39, 0.29) is 29.1 Å². The van der Waals surface area contributed by atoms with Crippen LogP contribution in [-0.2, 0) is 4.79 Å². The van der Waals surface area contributed by atoms with E-state index in [1.807, 2.05) is 13.8 Å². The van der Waals surface area contributed by atoms with Gasteiger partial charge >= 0.3 is 0 Å². The zero-order valence-electron chi connectivity index (χ0n) is 11.8. The number of halogens is 2. The molecule has 1 saturated heterocycles. The maximum Gasteiger partial charge on any atom is 0.223 e. The molecule has 2 atom stereocenters. The quantitative estimate of drug-likeness (QED) is 0.911. The van der Waals surface area contributed by atoms with Gasteiger partial charge in [-0.1, -0.05) is 17.7 Å². The van der Waals surface area contributed by atoms with E-state index in [9.17, 15) is 9.18 Å². The van der Waals surface area contributed by atoms with Crippen molar-refractivity contribution in [1.82, 2.24) is 4.90 Å². The fourth-order valence-corrected chi connectivity index (χ4v) is 2.97. The molecule has 20 heavy (non-hydrogen) atoms. The van der Waals surface area contributed by atoms with E-state index >= 15 is 0 Å². The third-order valence-electron chi connectivity index (χ3n) is 3.76. The van der Waals surface area contributed by atoms with Crippen LogP contribution >= 0.6 is 11.6 Å². The highest BCUT2D eigenvalue weighted by Gasteiger charge is 2.34. The molecule has 1 aromatic rings. The van der Waals surface area contributed by atoms with E-state index in [0.717, 1.165) is 12.8 Å². The van der Waals surface area contributed by atoms with Gasteiger partial charge in [-0.15, -0.1) is 0 Å². The summed E-state index contributed by atoms with van der Waals surface area (Å²) >= 11 is 5.73. The van der Waals surface area contributed by atoms with Crippen molar-refractivity contribution in [1.29, 1.82) is 0 Å². The molecule has 0 bridgehead atoms. The number of rotatable bonds is 2. The molecule has 1 aromatic carbocycles. The van der Waals surface area contributed by atoms with Crippen molar-refractivity contribution in [3.8, 4) is 0 Å².